The summed E-state index contributed by atoms with van der Waals surface area (Å²) < 4.78 is 0. The van der Waals surface area contributed by atoms with Crippen molar-refractivity contribution in [2.24, 2.45) is 5.73 Å². The van der Waals surface area contributed by atoms with Crippen LogP contribution < -0.4 is 5.73 Å². The first kappa shape index (κ1) is 17.3. The predicted molar refractivity (Wildman–Crippen MR) is 76.5 cm³/mol. The average Bonchev–Trinajstić information content (AvgIpc) is 2.32. The van der Waals surface area contributed by atoms with Gasteiger partial charge in [0, 0.05) is 0 Å². The summed E-state index contributed by atoms with van der Waals surface area (Å²) in [5.74, 6) is 0. The van der Waals surface area contributed by atoms with E-state index in [4.69, 9.17) is 5.73 Å². The fourth-order valence-electron chi connectivity index (χ4n) is 1.16. The van der Waals surface area contributed by atoms with Gasteiger partial charge in [0.2, 0.25) is 0 Å². The molecule has 0 aliphatic heterocycles. The van der Waals surface area contributed by atoms with Gasteiger partial charge >= 0.3 is 0 Å². The summed E-state index contributed by atoms with van der Waals surface area (Å²) in [5.41, 5.74) is 6.44. The quantitative estimate of drug-likeness (QED) is 0.728. The van der Waals surface area contributed by atoms with Gasteiger partial charge in [0.15, 0.2) is 0 Å². The molecule has 0 fully saturated rings. The summed E-state index contributed by atoms with van der Waals surface area (Å²) in [7, 11) is 0. The molecule has 0 spiro atoms. The topological polar surface area (TPSA) is 26.0 Å². The summed E-state index contributed by atoms with van der Waals surface area (Å²) in [6.45, 7) is 6.70. The summed E-state index contributed by atoms with van der Waals surface area (Å²) >= 11 is 0. The first-order valence-corrected chi connectivity index (χ1v) is 5.72. The highest BCUT2D eigenvalue weighted by Crippen LogP contribution is 1.97. The highest BCUT2D eigenvalue weighted by molar-refractivity contribution is 5.45. The van der Waals surface area contributed by atoms with E-state index < -0.39 is 0 Å². The molecule has 0 aromatic heterocycles. The Morgan fingerprint density at radius 1 is 1.12 bits per heavy atom. The summed E-state index contributed by atoms with van der Waals surface area (Å²) in [6, 6.07) is 10.0. The molecule has 0 radical (unpaired) electrons. The maximum absolute atomic E-state index is 5.27. The van der Waals surface area contributed by atoms with E-state index in [1.165, 1.54) is 31.2 Å². The van der Waals surface area contributed by atoms with Crippen LogP contribution in [0.4, 0.5) is 0 Å². The zero-order valence-electron chi connectivity index (χ0n) is 9.78. The molecular formula is C15H27N. The molecule has 92 valence electrons. The molecule has 1 aromatic carbocycles. The highest BCUT2D eigenvalue weighted by atomic mass is 14.5. The van der Waals surface area contributed by atoms with Crippen LogP contribution in [0.1, 0.15) is 45.6 Å². The fourth-order valence-corrected chi connectivity index (χ4v) is 1.16. The van der Waals surface area contributed by atoms with E-state index in [1.807, 2.05) is 36.4 Å². The Morgan fingerprint density at radius 3 is 2.12 bits per heavy atom. The minimum Gasteiger partial charge on any atom is -0.330 e. The molecule has 0 bridgehead atoms. The standard InChI is InChI=1S/C8H8.C6H15N.CH4/c1-2-8-6-4-3-5-7-8;1-2-3-4-5-6-7;/h2-7H,1H2;2-7H2,1H3;1H4. The molecule has 1 heteroatoms. The number of benzene rings is 1. The van der Waals surface area contributed by atoms with E-state index in [0.29, 0.717) is 0 Å². The van der Waals surface area contributed by atoms with Crippen molar-refractivity contribution in [1.29, 1.82) is 0 Å². The second-order valence-electron chi connectivity index (χ2n) is 3.46. The monoisotopic (exact) mass is 221 g/mol. The Kier molecular flexibility index (Phi) is 15.1. The van der Waals surface area contributed by atoms with Gasteiger partial charge in [-0.25, -0.2) is 0 Å². The largest absolute Gasteiger partial charge is 0.330 e. The molecule has 2 N–H and O–H groups in total. The van der Waals surface area contributed by atoms with Crippen LogP contribution in [-0.4, -0.2) is 6.54 Å². The smallest absolute Gasteiger partial charge is 0.00773 e. The first-order chi connectivity index (χ1) is 7.35. The third kappa shape index (κ3) is 11.0. The molecule has 0 saturated heterocycles. The number of hydrogen-bond donors (Lipinski definition) is 1. The van der Waals surface area contributed by atoms with Crippen LogP contribution in [0.15, 0.2) is 36.9 Å². The van der Waals surface area contributed by atoms with E-state index in [1.54, 1.807) is 0 Å². The Bertz CT molecular complexity index is 224. The lowest BCUT2D eigenvalue weighted by Crippen LogP contribution is -1.97. The van der Waals surface area contributed by atoms with E-state index in [0.717, 1.165) is 6.54 Å². The molecule has 0 unspecified atom stereocenters. The average molecular weight is 221 g/mol. The number of unbranched alkanes of at least 4 members (excludes halogenated alkanes) is 3. The zero-order chi connectivity index (χ0) is 11.4. The Balaban J connectivity index is 0. The van der Waals surface area contributed by atoms with E-state index >= 15 is 0 Å². The van der Waals surface area contributed by atoms with Crippen molar-refractivity contribution < 1.29 is 0 Å². The van der Waals surface area contributed by atoms with E-state index in [2.05, 4.69) is 13.5 Å². The maximum atomic E-state index is 5.27. The van der Waals surface area contributed by atoms with Gasteiger partial charge in [0.1, 0.15) is 0 Å². The summed E-state index contributed by atoms with van der Waals surface area (Å²) in [4.78, 5) is 0. The minimum atomic E-state index is 0. The van der Waals surface area contributed by atoms with E-state index in [-0.39, 0.29) is 7.43 Å². The Morgan fingerprint density at radius 2 is 1.75 bits per heavy atom. The van der Waals surface area contributed by atoms with E-state index in [9.17, 15) is 0 Å². The first-order valence-electron chi connectivity index (χ1n) is 5.72. The summed E-state index contributed by atoms with van der Waals surface area (Å²) in [6.07, 6.45) is 7.00. The van der Waals surface area contributed by atoms with Crippen LogP contribution >= 0.6 is 0 Å². The SMILES string of the molecule is C.C=Cc1ccccc1.CCCCCCN. The lowest BCUT2D eigenvalue weighted by molar-refractivity contribution is 0.674. The predicted octanol–water partition coefficient (Wildman–Crippen LogP) is 4.49. The Labute approximate surface area is 101 Å². The van der Waals surface area contributed by atoms with Crippen molar-refractivity contribution in [3.8, 4) is 0 Å². The molecule has 0 saturated carbocycles. The van der Waals surface area contributed by atoms with Crippen LogP contribution in [0.5, 0.6) is 0 Å². The van der Waals surface area contributed by atoms with Gasteiger partial charge in [-0.15, -0.1) is 0 Å². The lowest BCUT2D eigenvalue weighted by Gasteiger charge is -1.90. The second-order valence-corrected chi connectivity index (χ2v) is 3.46. The van der Waals surface area contributed by atoms with Crippen molar-refractivity contribution >= 4 is 6.08 Å². The molecule has 1 nitrogen and oxygen atoms in total. The molecule has 0 heterocycles. The van der Waals surface area contributed by atoms with Gasteiger partial charge in [-0.05, 0) is 18.5 Å². The summed E-state index contributed by atoms with van der Waals surface area (Å²) in [5, 5.41) is 0. The maximum Gasteiger partial charge on any atom is -0.00773 e. The molecule has 0 amide bonds. The van der Waals surface area contributed by atoms with Gasteiger partial charge < -0.3 is 5.73 Å². The number of nitrogens with two attached hydrogens (primary N) is 1. The van der Waals surface area contributed by atoms with Crippen molar-refractivity contribution in [3.05, 3.63) is 42.5 Å². The van der Waals surface area contributed by atoms with Gasteiger partial charge in [0.05, 0.1) is 0 Å². The highest BCUT2D eigenvalue weighted by Gasteiger charge is 1.80. The third-order valence-corrected chi connectivity index (χ3v) is 2.09. The number of hydrogen-bond acceptors (Lipinski definition) is 1. The van der Waals surface area contributed by atoms with Crippen LogP contribution in [0.3, 0.4) is 0 Å². The number of rotatable bonds is 5. The zero-order valence-corrected chi connectivity index (χ0v) is 9.78. The third-order valence-electron chi connectivity index (χ3n) is 2.09. The molecule has 16 heavy (non-hydrogen) atoms. The lowest BCUT2D eigenvalue weighted by atomic mass is 10.2. The van der Waals surface area contributed by atoms with Gasteiger partial charge in [-0.1, -0.05) is 76.6 Å². The van der Waals surface area contributed by atoms with Gasteiger partial charge in [-0.2, -0.15) is 0 Å². The molecular weight excluding hydrogens is 194 g/mol. The van der Waals surface area contributed by atoms with Gasteiger partial charge in [0.25, 0.3) is 0 Å². The molecule has 0 aliphatic rings. The van der Waals surface area contributed by atoms with Crippen molar-refractivity contribution in [2.45, 2.75) is 40.0 Å². The van der Waals surface area contributed by atoms with Crippen molar-refractivity contribution in [1.82, 2.24) is 0 Å². The van der Waals surface area contributed by atoms with Crippen LogP contribution in [0, 0.1) is 0 Å². The van der Waals surface area contributed by atoms with Gasteiger partial charge in [-0.3, -0.25) is 0 Å². The molecule has 1 aromatic rings. The minimum absolute atomic E-state index is 0. The normalized spacial score (nSPS) is 8.38. The van der Waals surface area contributed by atoms with Crippen molar-refractivity contribution in [3.63, 3.8) is 0 Å². The fraction of sp³-hybridized carbons (Fsp3) is 0.467. The van der Waals surface area contributed by atoms with Crippen molar-refractivity contribution in [2.75, 3.05) is 6.54 Å². The second kappa shape index (κ2) is 13.9. The van der Waals surface area contributed by atoms with Crippen LogP contribution in [0.25, 0.3) is 6.08 Å². The van der Waals surface area contributed by atoms with Crippen LogP contribution in [-0.2, 0) is 0 Å². The van der Waals surface area contributed by atoms with Crippen LogP contribution in [0.2, 0.25) is 0 Å². The molecule has 1 rings (SSSR count). The Hall–Kier alpha value is -1.08. The molecule has 0 aliphatic carbocycles. The molecule has 0 atom stereocenters.